The summed E-state index contributed by atoms with van der Waals surface area (Å²) < 4.78 is 10.1. The monoisotopic (exact) mass is 321 g/mol. The lowest BCUT2D eigenvalue weighted by Crippen LogP contribution is -2.43. The number of rotatable bonds is 6. The molecule has 1 N–H and O–H groups in total. The van der Waals surface area contributed by atoms with Crippen molar-refractivity contribution in [3.63, 3.8) is 0 Å². The van der Waals surface area contributed by atoms with Gasteiger partial charge in [-0.2, -0.15) is 0 Å². The largest absolute Gasteiger partial charge is 0.480 e. The maximum absolute atomic E-state index is 11.3. The van der Waals surface area contributed by atoms with Gasteiger partial charge in [0.15, 0.2) is 6.10 Å². The fraction of sp³-hybridized carbons (Fsp3) is 0.529. The van der Waals surface area contributed by atoms with Crippen LogP contribution in [-0.4, -0.2) is 47.7 Å². The minimum Gasteiger partial charge on any atom is -0.480 e. The number of hydrogen-bond acceptors (Lipinski definition) is 5. The number of nitrogens with zero attached hydrogens (tertiary/aromatic N) is 1. The number of carboxylic acids is 1. The quantitative estimate of drug-likeness (QED) is 0.808. The Kier molecular flexibility index (Phi) is 5.98. The first-order chi connectivity index (χ1) is 11.0. The number of likely N-dealkylation sites (tertiary alicyclic amines) is 1. The number of carbonyl (C=O) groups is 2. The number of carboxylic acid groups (broad SMARTS) is 1. The van der Waals surface area contributed by atoms with Crippen LogP contribution in [0.15, 0.2) is 24.3 Å². The first-order valence-corrected chi connectivity index (χ1v) is 7.81. The van der Waals surface area contributed by atoms with Crippen LogP contribution in [0.25, 0.3) is 0 Å². The molecule has 2 atom stereocenters. The number of piperidine rings is 1. The van der Waals surface area contributed by atoms with Crippen LogP contribution in [0.1, 0.15) is 31.7 Å². The molecule has 0 saturated carbocycles. The summed E-state index contributed by atoms with van der Waals surface area (Å²) in [6.07, 6.45) is 2.03. The maximum atomic E-state index is 11.3. The van der Waals surface area contributed by atoms with E-state index in [1.807, 2.05) is 17.0 Å². The van der Waals surface area contributed by atoms with Crippen LogP contribution in [0.2, 0.25) is 0 Å². The molecule has 0 bridgehead atoms. The number of hydrogen-bond donors (Lipinski definition) is 1. The number of methoxy groups -OCH3 is 1. The van der Waals surface area contributed by atoms with Gasteiger partial charge in [0.25, 0.3) is 0 Å². The topological polar surface area (TPSA) is 76.1 Å². The zero-order valence-corrected chi connectivity index (χ0v) is 13.5. The fourth-order valence-corrected chi connectivity index (χ4v) is 2.79. The molecule has 0 amide bonds. The van der Waals surface area contributed by atoms with Crippen LogP contribution < -0.4 is 4.74 Å². The van der Waals surface area contributed by atoms with Gasteiger partial charge >= 0.3 is 11.9 Å². The molecule has 0 aromatic heterocycles. The predicted octanol–water partition coefficient (Wildman–Crippen LogP) is 2.07. The Bertz CT molecular complexity index is 542. The van der Waals surface area contributed by atoms with Gasteiger partial charge in [0.2, 0.25) is 0 Å². The van der Waals surface area contributed by atoms with Crippen molar-refractivity contribution in [2.75, 3.05) is 13.7 Å². The van der Waals surface area contributed by atoms with Crippen LogP contribution in [0, 0.1) is 0 Å². The summed E-state index contributed by atoms with van der Waals surface area (Å²) in [6.45, 7) is 3.03. The molecule has 1 saturated heterocycles. The molecule has 2 rings (SSSR count). The summed E-state index contributed by atoms with van der Waals surface area (Å²) >= 11 is 0. The van der Waals surface area contributed by atoms with Gasteiger partial charge in [-0.25, -0.2) is 4.79 Å². The summed E-state index contributed by atoms with van der Waals surface area (Å²) in [7, 11) is 1.32. The Balaban J connectivity index is 1.96. The van der Waals surface area contributed by atoms with Gasteiger partial charge < -0.3 is 14.6 Å². The zero-order valence-electron chi connectivity index (χ0n) is 13.5. The van der Waals surface area contributed by atoms with Crippen LogP contribution in [0.4, 0.5) is 0 Å². The lowest BCUT2D eigenvalue weighted by atomic mass is 10.0. The average molecular weight is 321 g/mol. The molecule has 126 valence electrons. The van der Waals surface area contributed by atoms with E-state index < -0.39 is 24.1 Å². The van der Waals surface area contributed by atoms with Gasteiger partial charge in [0, 0.05) is 6.54 Å². The second-order valence-corrected chi connectivity index (χ2v) is 5.75. The van der Waals surface area contributed by atoms with E-state index in [-0.39, 0.29) is 0 Å². The number of ether oxygens (including phenoxy) is 2. The van der Waals surface area contributed by atoms with Crippen molar-refractivity contribution in [2.45, 2.75) is 44.9 Å². The Morgan fingerprint density at radius 2 is 2.00 bits per heavy atom. The van der Waals surface area contributed by atoms with Crippen LogP contribution >= 0.6 is 0 Å². The predicted molar refractivity (Wildman–Crippen MR) is 84.2 cm³/mol. The van der Waals surface area contributed by atoms with Crippen molar-refractivity contribution in [3.05, 3.63) is 29.8 Å². The van der Waals surface area contributed by atoms with Crippen molar-refractivity contribution < 1.29 is 24.2 Å². The van der Waals surface area contributed by atoms with Crippen LogP contribution in [0.5, 0.6) is 5.75 Å². The molecule has 1 fully saturated rings. The summed E-state index contributed by atoms with van der Waals surface area (Å²) in [5, 5.41) is 9.30. The minimum absolute atomic E-state index is 0.404. The van der Waals surface area contributed by atoms with E-state index in [4.69, 9.17) is 4.74 Å². The van der Waals surface area contributed by atoms with Crippen molar-refractivity contribution in [1.29, 1.82) is 0 Å². The highest BCUT2D eigenvalue weighted by Gasteiger charge is 2.28. The first-order valence-electron chi connectivity index (χ1n) is 7.81. The number of carbonyl (C=O) groups excluding carboxylic acids is 1. The third kappa shape index (κ3) is 4.69. The second-order valence-electron chi connectivity index (χ2n) is 5.75. The van der Waals surface area contributed by atoms with Crippen molar-refractivity contribution in [1.82, 2.24) is 4.90 Å². The van der Waals surface area contributed by atoms with E-state index in [2.05, 4.69) is 4.74 Å². The summed E-state index contributed by atoms with van der Waals surface area (Å²) in [4.78, 5) is 24.7. The normalized spacial score (nSPS) is 19.8. The molecule has 1 aromatic rings. The number of esters is 1. The molecule has 2 unspecified atom stereocenters. The van der Waals surface area contributed by atoms with Gasteiger partial charge in [-0.1, -0.05) is 18.6 Å². The van der Waals surface area contributed by atoms with E-state index in [0.29, 0.717) is 18.7 Å². The van der Waals surface area contributed by atoms with Crippen molar-refractivity contribution in [2.24, 2.45) is 0 Å². The Morgan fingerprint density at radius 3 is 2.61 bits per heavy atom. The van der Waals surface area contributed by atoms with Crippen LogP contribution in [0.3, 0.4) is 0 Å². The smallest absolute Gasteiger partial charge is 0.346 e. The van der Waals surface area contributed by atoms with E-state index in [9.17, 15) is 14.7 Å². The molecule has 6 heteroatoms. The average Bonchev–Trinajstić information content (AvgIpc) is 2.56. The molecular weight excluding hydrogens is 298 g/mol. The molecule has 1 aliphatic heterocycles. The number of benzene rings is 1. The highest BCUT2D eigenvalue weighted by molar-refractivity contribution is 5.74. The fourth-order valence-electron chi connectivity index (χ4n) is 2.79. The van der Waals surface area contributed by atoms with Crippen LogP contribution in [-0.2, 0) is 20.9 Å². The Hall–Kier alpha value is -2.08. The highest BCUT2D eigenvalue weighted by atomic mass is 16.6. The first kappa shape index (κ1) is 17.3. The summed E-state index contributed by atoms with van der Waals surface area (Å²) in [5.41, 5.74) is 1.02. The summed E-state index contributed by atoms with van der Waals surface area (Å²) in [6, 6.07) is 6.96. The molecule has 0 aliphatic carbocycles. The molecule has 0 spiro atoms. The van der Waals surface area contributed by atoms with Gasteiger partial charge in [0.1, 0.15) is 11.8 Å². The molecule has 23 heavy (non-hydrogen) atoms. The molecule has 1 heterocycles. The van der Waals surface area contributed by atoms with Gasteiger partial charge in [-0.05, 0) is 44.0 Å². The third-order valence-corrected chi connectivity index (χ3v) is 4.05. The lowest BCUT2D eigenvalue weighted by molar-refractivity contribution is -0.148. The SMILES string of the molecule is COC(=O)C(C)Oc1ccc(CN2CCCCC2C(=O)O)cc1. The molecular formula is C17H23NO5. The van der Waals surface area contributed by atoms with Crippen molar-refractivity contribution >= 4 is 11.9 Å². The third-order valence-electron chi connectivity index (χ3n) is 4.05. The standard InChI is InChI=1S/C17H23NO5/c1-12(17(21)22-2)23-14-8-6-13(7-9-14)11-18-10-4-3-5-15(18)16(19)20/h6-9,12,15H,3-5,10-11H2,1-2H3,(H,19,20). The molecule has 1 aromatic carbocycles. The second kappa shape index (κ2) is 7.97. The highest BCUT2D eigenvalue weighted by Crippen LogP contribution is 2.21. The van der Waals surface area contributed by atoms with E-state index >= 15 is 0 Å². The summed E-state index contributed by atoms with van der Waals surface area (Å²) in [5.74, 6) is -0.594. The van der Waals surface area contributed by atoms with Gasteiger partial charge in [-0.15, -0.1) is 0 Å². The molecule has 6 nitrogen and oxygen atoms in total. The Labute approximate surface area is 136 Å². The van der Waals surface area contributed by atoms with E-state index in [0.717, 1.165) is 24.9 Å². The maximum Gasteiger partial charge on any atom is 0.346 e. The molecule has 0 radical (unpaired) electrons. The lowest BCUT2D eigenvalue weighted by Gasteiger charge is -2.32. The zero-order chi connectivity index (χ0) is 16.8. The van der Waals surface area contributed by atoms with E-state index in [1.165, 1.54) is 7.11 Å². The minimum atomic E-state index is -0.753. The van der Waals surface area contributed by atoms with Crippen molar-refractivity contribution in [3.8, 4) is 5.75 Å². The number of aliphatic carboxylic acids is 1. The van der Waals surface area contributed by atoms with Gasteiger partial charge in [0.05, 0.1) is 7.11 Å². The van der Waals surface area contributed by atoms with E-state index in [1.54, 1.807) is 19.1 Å². The molecule has 1 aliphatic rings. The Morgan fingerprint density at radius 1 is 1.30 bits per heavy atom. The van der Waals surface area contributed by atoms with Gasteiger partial charge in [-0.3, -0.25) is 9.69 Å².